The standard InChI is InChI=1S/C17H24N4O2S/c1-3-14(4-2)18-15(22)12-24-17-20-19-16(23)21(17)11-10-13-8-6-5-7-9-13/h5-9,14H,3-4,10-12H2,1-2H3,(H,18,22)(H,19,23). The summed E-state index contributed by atoms with van der Waals surface area (Å²) in [6, 6.07) is 10.2. The Labute approximate surface area is 146 Å². The van der Waals surface area contributed by atoms with Gasteiger partial charge in [-0.15, -0.1) is 5.10 Å². The van der Waals surface area contributed by atoms with Gasteiger partial charge in [0.05, 0.1) is 5.75 Å². The molecule has 2 N–H and O–H groups in total. The van der Waals surface area contributed by atoms with Gasteiger partial charge in [-0.1, -0.05) is 55.9 Å². The van der Waals surface area contributed by atoms with Gasteiger partial charge in [0, 0.05) is 12.6 Å². The smallest absolute Gasteiger partial charge is 0.343 e. The molecule has 0 saturated heterocycles. The summed E-state index contributed by atoms with van der Waals surface area (Å²) in [6.07, 6.45) is 2.57. The van der Waals surface area contributed by atoms with E-state index in [-0.39, 0.29) is 23.4 Å². The maximum absolute atomic E-state index is 12.0. The molecule has 0 radical (unpaired) electrons. The van der Waals surface area contributed by atoms with E-state index in [1.54, 1.807) is 4.57 Å². The zero-order valence-electron chi connectivity index (χ0n) is 14.1. The van der Waals surface area contributed by atoms with Gasteiger partial charge in [-0.2, -0.15) is 0 Å². The Balaban J connectivity index is 1.92. The van der Waals surface area contributed by atoms with Crippen LogP contribution in [0.2, 0.25) is 0 Å². The highest BCUT2D eigenvalue weighted by Gasteiger charge is 2.13. The molecule has 1 aromatic carbocycles. The molecule has 7 heteroatoms. The largest absolute Gasteiger partial charge is 0.353 e. The second kappa shape index (κ2) is 9.32. The first kappa shape index (κ1) is 18.3. The fourth-order valence-electron chi connectivity index (χ4n) is 2.39. The van der Waals surface area contributed by atoms with Gasteiger partial charge in [0.25, 0.3) is 0 Å². The van der Waals surface area contributed by atoms with E-state index in [4.69, 9.17) is 0 Å². The highest BCUT2D eigenvalue weighted by atomic mass is 32.2. The number of aromatic nitrogens is 3. The van der Waals surface area contributed by atoms with Crippen LogP contribution in [0.25, 0.3) is 0 Å². The lowest BCUT2D eigenvalue weighted by Crippen LogP contribution is -2.35. The number of hydrogen-bond acceptors (Lipinski definition) is 4. The third-order valence-corrected chi connectivity index (χ3v) is 4.85. The Morgan fingerprint density at radius 1 is 1.29 bits per heavy atom. The summed E-state index contributed by atoms with van der Waals surface area (Å²) in [5.41, 5.74) is 0.918. The minimum Gasteiger partial charge on any atom is -0.353 e. The predicted octanol–water partition coefficient (Wildman–Crippen LogP) is 2.21. The number of amides is 1. The molecule has 2 aromatic rings. The van der Waals surface area contributed by atoms with E-state index in [2.05, 4.69) is 29.4 Å². The molecular formula is C17H24N4O2S. The molecule has 1 aromatic heterocycles. The van der Waals surface area contributed by atoms with Crippen LogP contribution in [0.5, 0.6) is 0 Å². The van der Waals surface area contributed by atoms with Crippen molar-refractivity contribution in [3.63, 3.8) is 0 Å². The van der Waals surface area contributed by atoms with Crippen LogP contribution in [0.1, 0.15) is 32.3 Å². The number of aromatic amines is 1. The molecule has 2 rings (SSSR count). The van der Waals surface area contributed by atoms with Crippen molar-refractivity contribution in [2.75, 3.05) is 5.75 Å². The van der Waals surface area contributed by atoms with Crippen LogP contribution in [0.15, 0.2) is 40.3 Å². The van der Waals surface area contributed by atoms with E-state index in [9.17, 15) is 9.59 Å². The van der Waals surface area contributed by atoms with E-state index < -0.39 is 0 Å². The predicted molar refractivity (Wildman–Crippen MR) is 96.2 cm³/mol. The number of carbonyl (C=O) groups excluding carboxylic acids is 1. The van der Waals surface area contributed by atoms with Crippen molar-refractivity contribution in [3.05, 3.63) is 46.4 Å². The molecule has 0 spiro atoms. The fourth-order valence-corrected chi connectivity index (χ4v) is 3.17. The average molecular weight is 348 g/mol. The van der Waals surface area contributed by atoms with Crippen LogP contribution in [-0.4, -0.2) is 32.5 Å². The van der Waals surface area contributed by atoms with Crippen molar-refractivity contribution < 1.29 is 4.79 Å². The van der Waals surface area contributed by atoms with Crippen LogP contribution in [-0.2, 0) is 17.8 Å². The van der Waals surface area contributed by atoms with Crippen LogP contribution in [0.3, 0.4) is 0 Å². The lowest BCUT2D eigenvalue weighted by molar-refractivity contribution is -0.119. The Bertz CT molecular complexity index is 692. The normalized spacial score (nSPS) is 11.0. The summed E-state index contributed by atoms with van der Waals surface area (Å²) in [7, 11) is 0. The van der Waals surface area contributed by atoms with Crippen molar-refractivity contribution in [1.29, 1.82) is 0 Å². The molecule has 0 aliphatic rings. The maximum atomic E-state index is 12.0. The zero-order valence-corrected chi connectivity index (χ0v) is 14.9. The van der Waals surface area contributed by atoms with Crippen molar-refractivity contribution in [2.45, 2.75) is 50.9 Å². The monoisotopic (exact) mass is 348 g/mol. The van der Waals surface area contributed by atoms with Gasteiger partial charge in [-0.05, 0) is 24.8 Å². The van der Waals surface area contributed by atoms with Crippen LogP contribution >= 0.6 is 11.8 Å². The molecular weight excluding hydrogens is 324 g/mol. The second-order valence-electron chi connectivity index (χ2n) is 5.57. The van der Waals surface area contributed by atoms with Gasteiger partial charge in [-0.3, -0.25) is 9.36 Å². The Morgan fingerprint density at radius 3 is 2.67 bits per heavy atom. The lowest BCUT2D eigenvalue weighted by atomic mass is 10.1. The number of carbonyl (C=O) groups is 1. The number of thioether (sulfide) groups is 1. The number of aryl methyl sites for hydroxylation is 1. The molecule has 0 fully saturated rings. The number of rotatable bonds is 9. The molecule has 0 bridgehead atoms. The van der Waals surface area contributed by atoms with Gasteiger partial charge in [0.2, 0.25) is 5.91 Å². The lowest BCUT2D eigenvalue weighted by Gasteiger charge is -2.14. The average Bonchev–Trinajstić information content (AvgIpc) is 2.96. The molecule has 1 heterocycles. The van der Waals surface area contributed by atoms with Crippen molar-refractivity contribution in [2.24, 2.45) is 0 Å². The minimum atomic E-state index is -0.242. The summed E-state index contributed by atoms with van der Waals surface area (Å²) in [5.74, 6) is 0.227. The first-order valence-corrected chi connectivity index (χ1v) is 9.23. The van der Waals surface area contributed by atoms with Gasteiger partial charge in [-0.25, -0.2) is 9.89 Å². The van der Waals surface area contributed by atoms with E-state index in [1.165, 1.54) is 11.8 Å². The quantitative estimate of drug-likeness (QED) is 0.681. The van der Waals surface area contributed by atoms with Crippen molar-refractivity contribution in [3.8, 4) is 0 Å². The van der Waals surface area contributed by atoms with E-state index in [0.717, 1.165) is 24.8 Å². The molecule has 0 atom stereocenters. The first-order chi connectivity index (χ1) is 11.6. The second-order valence-corrected chi connectivity index (χ2v) is 6.51. The minimum absolute atomic E-state index is 0.0289. The summed E-state index contributed by atoms with van der Waals surface area (Å²) in [6.45, 7) is 4.64. The molecule has 24 heavy (non-hydrogen) atoms. The number of H-pyrrole nitrogens is 1. The number of nitrogens with zero attached hydrogens (tertiary/aromatic N) is 2. The molecule has 1 amide bonds. The number of nitrogens with one attached hydrogen (secondary N) is 2. The third kappa shape index (κ3) is 5.26. The SMILES string of the molecule is CCC(CC)NC(=O)CSc1n[nH]c(=O)n1CCc1ccccc1. The van der Waals surface area contributed by atoms with Crippen LogP contribution in [0.4, 0.5) is 0 Å². The molecule has 0 aliphatic carbocycles. The van der Waals surface area contributed by atoms with E-state index >= 15 is 0 Å². The highest BCUT2D eigenvalue weighted by Crippen LogP contribution is 2.14. The van der Waals surface area contributed by atoms with E-state index in [1.807, 2.05) is 30.3 Å². The summed E-state index contributed by atoms with van der Waals surface area (Å²) in [5, 5.41) is 10.0. The van der Waals surface area contributed by atoms with Crippen molar-refractivity contribution in [1.82, 2.24) is 20.1 Å². The summed E-state index contributed by atoms with van der Waals surface area (Å²) >= 11 is 1.28. The maximum Gasteiger partial charge on any atom is 0.343 e. The zero-order chi connectivity index (χ0) is 17.4. The Kier molecular flexibility index (Phi) is 7.11. The van der Waals surface area contributed by atoms with E-state index in [0.29, 0.717) is 11.7 Å². The number of benzene rings is 1. The fraction of sp³-hybridized carbons (Fsp3) is 0.471. The van der Waals surface area contributed by atoms with Crippen molar-refractivity contribution >= 4 is 17.7 Å². The Morgan fingerprint density at radius 2 is 2.00 bits per heavy atom. The number of hydrogen-bond donors (Lipinski definition) is 2. The molecule has 0 unspecified atom stereocenters. The molecule has 0 saturated carbocycles. The third-order valence-electron chi connectivity index (χ3n) is 3.87. The van der Waals surface area contributed by atoms with Crippen LogP contribution < -0.4 is 11.0 Å². The summed E-state index contributed by atoms with van der Waals surface area (Å²) in [4.78, 5) is 23.9. The first-order valence-electron chi connectivity index (χ1n) is 8.25. The van der Waals surface area contributed by atoms with Gasteiger partial charge >= 0.3 is 5.69 Å². The highest BCUT2D eigenvalue weighted by molar-refractivity contribution is 7.99. The van der Waals surface area contributed by atoms with Gasteiger partial charge < -0.3 is 5.32 Å². The molecule has 130 valence electrons. The Hall–Kier alpha value is -2.02. The molecule has 0 aliphatic heterocycles. The molecule has 6 nitrogen and oxygen atoms in total. The topological polar surface area (TPSA) is 79.8 Å². The van der Waals surface area contributed by atoms with Gasteiger partial charge in [0.1, 0.15) is 0 Å². The van der Waals surface area contributed by atoms with Crippen LogP contribution in [0, 0.1) is 0 Å². The van der Waals surface area contributed by atoms with Gasteiger partial charge in [0.15, 0.2) is 5.16 Å². The summed E-state index contributed by atoms with van der Waals surface area (Å²) < 4.78 is 1.59.